The minimum Gasteiger partial charge on any atom is -0.349 e. The molecular weight excluding hydrogens is 133 g/mol. The van der Waals surface area contributed by atoms with Crippen molar-refractivity contribution in [3.8, 4) is 0 Å². The van der Waals surface area contributed by atoms with Gasteiger partial charge >= 0.3 is 0 Å². The van der Waals surface area contributed by atoms with E-state index in [2.05, 4.69) is 25.2 Å². The zero-order valence-electron chi connectivity index (χ0n) is 5.85. The lowest BCUT2D eigenvalue weighted by Gasteiger charge is -2.04. The van der Waals surface area contributed by atoms with Gasteiger partial charge in [0.05, 0.1) is 0 Å². The molecule has 0 aliphatic carbocycles. The van der Waals surface area contributed by atoms with Gasteiger partial charge in [0.2, 0.25) is 5.91 Å². The second-order valence-corrected chi connectivity index (χ2v) is 4.46. The predicted octanol–water partition coefficient (Wildman–Crippen LogP) is 0.988. The Bertz CT molecular complexity index is 112. The number of carbonyl (C=O) groups is 1. The van der Waals surface area contributed by atoms with E-state index in [1.807, 2.05) is 0 Å². The molecule has 0 aliphatic heterocycles. The molecule has 0 radical (unpaired) electrons. The van der Waals surface area contributed by atoms with E-state index in [1.54, 1.807) is 0 Å². The molecule has 0 rings (SSSR count). The Morgan fingerprint density at radius 1 is 1.78 bits per heavy atom. The molecule has 3 heteroatoms. The molecular formula is C6H12NOP. The van der Waals surface area contributed by atoms with E-state index in [-0.39, 0.29) is 13.8 Å². The third kappa shape index (κ3) is 5.51. The largest absolute Gasteiger partial charge is 0.349 e. The van der Waals surface area contributed by atoms with Crippen molar-refractivity contribution in [1.82, 2.24) is 5.32 Å². The molecule has 0 saturated heterocycles. The van der Waals surface area contributed by atoms with E-state index in [0.717, 1.165) is 6.29 Å². The maximum atomic E-state index is 10.5. The SMILES string of the molecule is C=CC(=O)NCP(C)C. The van der Waals surface area contributed by atoms with Crippen LogP contribution < -0.4 is 5.32 Å². The van der Waals surface area contributed by atoms with Gasteiger partial charge in [-0.25, -0.2) is 0 Å². The highest BCUT2D eigenvalue weighted by molar-refractivity contribution is 7.55. The highest BCUT2D eigenvalue weighted by Crippen LogP contribution is 2.20. The second-order valence-electron chi connectivity index (χ2n) is 1.98. The molecule has 0 fully saturated rings. The number of nitrogens with one attached hydrogen (secondary N) is 1. The summed E-state index contributed by atoms with van der Waals surface area (Å²) in [5.74, 6) is -0.0776. The molecule has 0 spiro atoms. The monoisotopic (exact) mass is 145 g/mol. The Hall–Kier alpha value is -0.360. The molecule has 0 atom stereocenters. The van der Waals surface area contributed by atoms with Crippen LogP contribution in [0, 0.1) is 0 Å². The number of hydrogen-bond donors (Lipinski definition) is 1. The van der Waals surface area contributed by atoms with Crippen LogP contribution in [0.15, 0.2) is 12.7 Å². The lowest BCUT2D eigenvalue weighted by molar-refractivity contribution is -0.116. The average molecular weight is 145 g/mol. The number of rotatable bonds is 3. The zero-order chi connectivity index (χ0) is 7.28. The quantitative estimate of drug-likeness (QED) is 0.465. The molecule has 2 nitrogen and oxygen atoms in total. The van der Waals surface area contributed by atoms with Gasteiger partial charge in [0.15, 0.2) is 0 Å². The molecule has 1 amide bonds. The van der Waals surface area contributed by atoms with E-state index in [4.69, 9.17) is 0 Å². The van der Waals surface area contributed by atoms with E-state index < -0.39 is 0 Å². The molecule has 0 bridgehead atoms. The fraction of sp³-hybridized carbons (Fsp3) is 0.500. The molecule has 0 saturated carbocycles. The Morgan fingerprint density at radius 2 is 2.33 bits per heavy atom. The second kappa shape index (κ2) is 4.51. The molecule has 0 unspecified atom stereocenters. The van der Waals surface area contributed by atoms with E-state index in [1.165, 1.54) is 6.08 Å². The number of carbonyl (C=O) groups excluding carboxylic acids is 1. The third-order valence-corrected chi connectivity index (χ3v) is 1.55. The molecule has 9 heavy (non-hydrogen) atoms. The van der Waals surface area contributed by atoms with E-state index in [0.29, 0.717) is 0 Å². The van der Waals surface area contributed by atoms with Gasteiger partial charge in [0.1, 0.15) is 0 Å². The van der Waals surface area contributed by atoms with Crippen molar-refractivity contribution < 1.29 is 4.79 Å². The highest BCUT2D eigenvalue weighted by atomic mass is 31.1. The average Bonchev–Trinajstić information content (AvgIpc) is 1.83. The van der Waals surface area contributed by atoms with Crippen molar-refractivity contribution in [3.63, 3.8) is 0 Å². The van der Waals surface area contributed by atoms with Crippen molar-refractivity contribution >= 4 is 13.8 Å². The first-order valence-corrected chi connectivity index (χ1v) is 5.14. The number of amides is 1. The van der Waals surface area contributed by atoms with Crippen molar-refractivity contribution in [1.29, 1.82) is 0 Å². The summed E-state index contributed by atoms with van der Waals surface area (Å²) in [6, 6.07) is 0. The van der Waals surface area contributed by atoms with Gasteiger partial charge in [-0.1, -0.05) is 14.5 Å². The first-order valence-electron chi connectivity index (χ1n) is 2.72. The lowest BCUT2D eigenvalue weighted by atomic mass is 10.6. The smallest absolute Gasteiger partial charge is 0.243 e. The van der Waals surface area contributed by atoms with Crippen molar-refractivity contribution in [2.45, 2.75) is 0 Å². The van der Waals surface area contributed by atoms with E-state index >= 15 is 0 Å². The molecule has 0 aromatic carbocycles. The van der Waals surface area contributed by atoms with Gasteiger partial charge in [0.25, 0.3) is 0 Å². The van der Waals surface area contributed by atoms with Crippen LogP contribution in [0.1, 0.15) is 0 Å². The standard InChI is InChI=1S/C6H12NOP/c1-4-6(8)7-5-9(2)3/h4H,1,5H2,2-3H3,(H,7,8). The van der Waals surface area contributed by atoms with Crippen LogP contribution in [-0.2, 0) is 4.79 Å². The number of hydrogen-bond acceptors (Lipinski definition) is 1. The van der Waals surface area contributed by atoms with Crippen LogP contribution in [0.2, 0.25) is 0 Å². The summed E-state index contributed by atoms with van der Waals surface area (Å²) < 4.78 is 0. The lowest BCUT2D eigenvalue weighted by Crippen LogP contribution is -2.20. The summed E-state index contributed by atoms with van der Waals surface area (Å²) in [6.45, 7) is 7.55. The van der Waals surface area contributed by atoms with E-state index in [9.17, 15) is 4.79 Å². The minimum absolute atomic E-state index is 0.0184. The first-order chi connectivity index (χ1) is 4.16. The van der Waals surface area contributed by atoms with Crippen LogP contribution >= 0.6 is 7.92 Å². The molecule has 1 N–H and O–H groups in total. The highest BCUT2D eigenvalue weighted by Gasteiger charge is 1.93. The maximum absolute atomic E-state index is 10.5. The summed E-state index contributed by atoms with van der Waals surface area (Å²) >= 11 is 0. The van der Waals surface area contributed by atoms with Crippen LogP contribution in [-0.4, -0.2) is 25.5 Å². The van der Waals surface area contributed by atoms with Gasteiger partial charge in [-0.3, -0.25) is 4.79 Å². The molecule has 0 heterocycles. The van der Waals surface area contributed by atoms with Crippen molar-refractivity contribution in [3.05, 3.63) is 12.7 Å². The topological polar surface area (TPSA) is 29.1 Å². The summed E-state index contributed by atoms with van der Waals surface area (Å²) in [4.78, 5) is 10.5. The van der Waals surface area contributed by atoms with Gasteiger partial charge in [-0.2, -0.15) is 0 Å². The third-order valence-electron chi connectivity index (χ3n) is 0.755. The predicted molar refractivity (Wildman–Crippen MR) is 42.0 cm³/mol. The molecule has 0 aromatic heterocycles. The molecule has 0 aliphatic rings. The summed E-state index contributed by atoms with van der Waals surface area (Å²) in [7, 11) is -0.0184. The normalized spacial score (nSPS) is 9.22. The van der Waals surface area contributed by atoms with Crippen LogP contribution in [0.25, 0.3) is 0 Å². The van der Waals surface area contributed by atoms with Gasteiger partial charge in [-0.05, 0) is 19.4 Å². The van der Waals surface area contributed by atoms with Gasteiger partial charge in [-0.15, -0.1) is 0 Å². The minimum atomic E-state index is -0.0776. The van der Waals surface area contributed by atoms with Crippen LogP contribution in [0.4, 0.5) is 0 Å². The first kappa shape index (κ1) is 8.64. The molecule has 0 aromatic rings. The fourth-order valence-electron chi connectivity index (χ4n) is 0.308. The fourth-order valence-corrected chi connectivity index (χ4v) is 0.780. The van der Waals surface area contributed by atoms with Gasteiger partial charge < -0.3 is 5.32 Å². The van der Waals surface area contributed by atoms with Gasteiger partial charge in [0, 0.05) is 6.29 Å². The van der Waals surface area contributed by atoms with Crippen molar-refractivity contribution in [2.75, 3.05) is 19.6 Å². The Balaban J connectivity index is 3.27. The summed E-state index contributed by atoms with van der Waals surface area (Å²) in [6.07, 6.45) is 2.08. The molecule has 52 valence electrons. The Labute approximate surface area is 57.1 Å². The summed E-state index contributed by atoms with van der Waals surface area (Å²) in [5, 5.41) is 2.70. The Kier molecular flexibility index (Phi) is 4.33. The van der Waals surface area contributed by atoms with Crippen LogP contribution in [0.3, 0.4) is 0 Å². The zero-order valence-corrected chi connectivity index (χ0v) is 6.74. The maximum Gasteiger partial charge on any atom is 0.243 e. The summed E-state index contributed by atoms with van der Waals surface area (Å²) in [5.41, 5.74) is 0. The Morgan fingerprint density at radius 3 is 2.67 bits per heavy atom. The van der Waals surface area contributed by atoms with Crippen molar-refractivity contribution in [2.24, 2.45) is 0 Å². The van der Waals surface area contributed by atoms with Crippen LogP contribution in [0.5, 0.6) is 0 Å².